The predicted molar refractivity (Wildman–Crippen MR) is 45.7 cm³/mol. The number of nitrogens with zero attached hydrogens (tertiary/aromatic N) is 1. The Morgan fingerprint density at radius 1 is 1.45 bits per heavy atom. The van der Waals surface area contributed by atoms with Gasteiger partial charge in [-0.25, -0.2) is 4.98 Å². The van der Waals surface area contributed by atoms with E-state index in [2.05, 4.69) is 4.98 Å². The van der Waals surface area contributed by atoms with Gasteiger partial charge in [0, 0.05) is 0 Å². The number of benzene rings is 1. The van der Waals surface area contributed by atoms with Crippen molar-refractivity contribution in [3.63, 3.8) is 0 Å². The van der Waals surface area contributed by atoms with E-state index < -0.39 is 0 Å². The number of para-hydroxylation sites is 1. The van der Waals surface area contributed by atoms with E-state index in [0.29, 0.717) is 0 Å². The van der Waals surface area contributed by atoms with Gasteiger partial charge in [-0.2, -0.15) is 0 Å². The van der Waals surface area contributed by atoms with Gasteiger partial charge in [0.25, 0.3) is 0 Å². The number of rotatable bonds is 1. The second kappa shape index (κ2) is 2.75. The third kappa shape index (κ3) is 1.10. The van der Waals surface area contributed by atoms with Gasteiger partial charge in [0.05, 0.1) is 4.90 Å². The lowest BCUT2D eigenvalue weighted by Gasteiger charge is -1.91. The molecule has 0 aliphatic rings. The normalized spacial score (nSPS) is 10.6. The zero-order valence-corrected chi connectivity index (χ0v) is 7.02. The minimum Gasteiger partial charge on any atom is -0.442 e. The molecule has 1 aromatic carbocycles. The molecule has 0 aliphatic carbocycles. The second-order valence-corrected chi connectivity index (χ2v) is 3.09. The molecular weight excluding hydrogens is 182 g/mol. The molecule has 0 aliphatic heterocycles. The summed E-state index contributed by atoms with van der Waals surface area (Å²) in [5.74, 6) is 0. The van der Waals surface area contributed by atoms with Crippen molar-refractivity contribution >= 4 is 32.8 Å². The summed E-state index contributed by atoms with van der Waals surface area (Å²) < 4.78 is 5.12. The Kier molecular flexibility index (Phi) is 1.75. The fraction of sp³-hybridized carbons (Fsp3) is 0. The van der Waals surface area contributed by atoms with E-state index in [1.54, 1.807) is 0 Å². The average Bonchev–Trinajstić information content (AvgIpc) is 2.50. The molecule has 0 spiro atoms. The number of fused-ring (bicyclic) bond motifs is 1. The van der Waals surface area contributed by atoms with E-state index in [-0.39, 0.29) is 0 Å². The zero-order valence-electron chi connectivity index (χ0n) is 5.45. The maximum atomic E-state index is 5.59. The molecule has 2 rings (SSSR count). The number of hydrogen-bond acceptors (Lipinski definition) is 3. The predicted octanol–water partition coefficient (Wildman–Crippen LogP) is 3.07. The number of hydrogen-bond donors (Lipinski definition) is 0. The Morgan fingerprint density at radius 2 is 2.36 bits per heavy atom. The monoisotopic (exact) mass is 185 g/mol. The molecule has 11 heavy (non-hydrogen) atoms. The van der Waals surface area contributed by atoms with Crippen molar-refractivity contribution < 1.29 is 4.42 Å². The van der Waals surface area contributed by atoms with Crippen LogP contribution in [0.4, 0.5) is 0 Å². The van der Waals surface area contributed by atoms with Crippen molar-refractivity contribution in [2.45, 2.75) is 4.90 Å². The van der Waals surface area contributed by atoms with Gasteiger partial charge in [0.2, 0.25) is 0 Å². The lowest BCUT2D eigenvalue weighted by Crippen LogP contribution is -1.69. The van der Waals surface area contributed by atoms with Crippen LogP contribution in [0.1, 0.15) is 0 Å². The topological polar surface area (TPSA) is 26.0 Å². The smallest absolute Gasteiger partial charge is 0.182 e. The molecule has 0 bridgehead atoms. The minimum atomic E-state index is 0.757. The highest BCUT2D eigenvalue weighted by molar-refractivity contribution is 8.21. The number of oxazole rings is 1. The van der Waals surface area contributed by atoms with E-state index in [1.807, 2.05) is 18.2 Å². The first-order valence-electron chi connectivity index (χ1n) is 3.02. The first-order valence-corrected chi connectivity index (χ1v) is 4.67. The van der Waals surface area contributed by atoms with Crippen LogP contribution in [0.5, 0.6) is 0 Å². The van der Waals surface area contributed by atoms with Gasteiger partial charge in [-0.3, -0.25) is 0 Å². The van der Waals surface area contributed by atoms with Crippen molar-refractivity contribution in [1.29, 1.82) is 0 Å². The molecule has 0 amide bonds. The summed E-state index contributed by atoms with van der Waals surface area (Å²) in [6.45, 7) is 0. The van der Waals surface area contributed by atoms with Gasteiger partial charge in [-0.1, -0.05) is 6.07 Å². The minimum absolute atomic E-state index is 0.757. The van der Waals surface area contributed by atoms with Gasteiger partial charge in [0.15, 0.2) is 12.0 Å². The van der Waals surface area contributed by atoms with Crippen LogP contribution in [-0.4, -0.2) is 4.98 Å². The number of halogens is 1. The summed E-state index contributed by atoms with van der Waals surface area (Å²) in [6.07, 6.45) is 1.42. The lowest BCUT2D eigenvalue weighted by atomic mass is 10.3. The van der Waals surface area contributed by atoms with Crippen LogP contribution in [0.2, 0.25) is 0 Å². The Bertz CT molecular complexity index is 373. The van der Waals surface area contributed by atoms with Gasteiger partial charge in [-0.15, -0.1) is 0 Å². The van der Waals surface area contributed by atoms with Crippen LogP contribution in [-0.2, 0) is 0 Å². The maximum absolute atomic E-state index is 5.59. The van der Waals surface area contributed by atoms with E-state index in [0.717, 1.165) is 27.0 Å². The van der Waals surface area contributed by atoms with E-state index in [1.165, 1.54) is 6.39 Å². The fourth-order valence-electron chi connectivity index (χ4n) is 0.921. The summed E-state index contributed by atoms with van der Waals surface area (Å²) in [4.78, 5) is 4.89. The molecule has 4 heteroatoms. The molecule has 0 unspecified atom stereocenters. The highest BCUT2D eigenvalue weighted by atomic mass is 35.7. The first kappa shape index (κ1) is 7.00. The maximum Gasteiger partial charge on any atom is 0.182 e. The largest absolute Gasteiger partial charge is 0.442 e. The first-order chi connectivity index (χ1) is 5.42. The van der Waals surface area contributed by atoms with Crippen molar-refractivity contribution in [3.8, 4) is 0 Å². The highest BCUT2D eigenvalue weighted by Crippen LogP contribution is 2.29. The quantitative estimate of drug-likeness (QED) is 0.683. The Labute approximate surface area is 72.1 Å². The molecular formula is C7H4ClNOS. The SMILES string of the molecule is ClSc1cccc2ncoc12. The molecule has 0 atom stereocenters. The lowest BCUT2D eigenvalue weighted by molar-refractivity contribution is 0.595. The van der Waals surface area contributed by atoms with Crippen LogP contribution in [0.15, 0.2) is 33.9 Å². The third-order valence-corrected chi connectivity index (χ3v) is 2.39. The van der Waals surface area contributed by atoms with Gasteiger partial charge < -0.3 is 4.42 Å². The van der Waals surface area contributed by atoms with Crippen molar-refractivity contribution in [2.24, 2.45) is 0 Å². The zero-order chi connectivity index (χ0) is 7.68. The summed E-state index contributed by atoms with van der Waals surface area (Å²) in [6, 6.07) is 5.68. The van der Waals surface area contributed by atoms with Gasteiger partial charge in [0.1, 0.15) is 5.52 Å². The molecule has 0 saturated heterocycles. The summed E-state index contributed by atoms with van der Waals surface area (Å²) >= 11 is 0. The van der Waals surface area contributed by atoms with Crippen LogP contribution in [0.3, 0.4) is 0 Å². The number of aromatic nitrogens is 1. The highest BCUT2D eigenvalue weighted by Gasteiger charge is 2.03. The molecule has 1 aromatic heterocycles. The third-order valence-electron chi connectivity index (χ3n) is 1.40. The molecule has 0 saturated carbocycles. The molecule has 56 valence electrons. The van der Waals surface area contributed by atoms with Crippen LogP contribution >= 0.6 is 21.7 Å². The Hall–Kier alpha value is -0.670. The molecule has 0 fully saturated rings. The Balaban J connectivity index is 2.79. The Morgan fingerprint density at radius 3 is 3.18 bits per heavy atom. The van der Waals surface area contributed by atoms with Gasteiger partial charge >= 0.3 is 0 Å². The average molecular weight is 186 g/mol. The van der Waals surface area contributed by atoms with Crippen LogP contribution < -0.4 is 0 Å². The van der Waals surface area contributed by atoms with Crippen molar-refractivity contribution in [1.82, 2.24) is 4.98 Å². The van der Waals surface area contributed by atoms with E-state index in [4.69, 9.17) is 15.1 Å². The van der Waals surface area contributed by atoms with Gasteiger partial charge in [-0.05, 0) is 33.8 Å². The summed E-state index contributed by atoms with van der Waals surface area (Å²) in [5.41, 5.74) is 1.60. The molecule has 0 N–H and O–H groups in total. The van der Waals surface area contributed by atoms with Crippen molar-refractivity contribution in [3.05, 3.63) is 24.6 Å². The van der Waals surface area contributed by atoms with Crippen molar-refractivity contribution in [2.75, 3.05) is 0 Å². The molecule has 2 aromatic rings. The fourth-order valence-corrected chi connectivity index (χ4v) is 1.64. The molecule has 2 nitrogen and oxygen atoms in total. The van der Waals surface area contributed by atoms with Crippen LogP contribution in [0, 0.1) is 0 Å². The summed E-state index contributed by atoms with van der Waals surface area (Å²) in [5, 5.41) is 0. The van der Waals surface area contributed by atoms with E-state index in [9.17, 15) is 0 Å². The molecule has 0 radical (unpaired) electrons. The molecule has 1 heterocycles. The van der Waals surface area contributed by atoms with E-state index >= 15 is 0 Å². The summed E-state index contributed by atoms with van der Waals surface area (Å²) in [7, 11) is 6.73. The van der Waals surface area contributed by atoms with Crippen LogP contribution in [0.25, 0.3) is 11.1 Å². The second-order valence-electron chi connectivity index (χ2n) is 2.03. The standard InChI is InChI=1S/C7H4ClNOS/c8-11-6-3-1-2-5-7(6)10-4-9-5/h1-4H.